The van der Waals surface area contributed by atoms with E-state index in [4.69, 9.17) is 0 Å². The Balaban J connectivity index is 1.90. The molecule has 0 aliphatic heterocycles. The first-order chi connectivity index (χ1) is 10.1. The number of carbonyl (C=O) groups is 1. The number of amides is 1. The predicted molar refractivity (Wildman–Crippen MR) is 76.8 cm³/mol. The molecule has 2 rings (SSSR count). The molecule has 2 heterocycles. The van der Waals surface area contributed by atoms with Crippen LogP contribution in [0.25, 0.3) is 0 Å². The molecule has 0 aliphatic carbocycles. The molecule has 7 heteroatoms. The Morgan fingerprint density at radius 1 is 1.29 bits per heavy atom. The Labute approximate surface area is 120 Å². The zero-order valence-electron chi connectivity index (χ0n) is 11.6. The molecule has 0 atom stereocenters. The summed E-state index contributed by atoms with van der Waals surface area (Å²) >= 11 is 0. The van der Waals surface area contributed by atoms with Crippen LogP contribution in [0.4, 0.5) is 0 Å². The van der Waals surface area contributed by atoms with Crippen LogP contribution in [0.3, 0.4) is 0 Å². The van der Waals surface area contributed by atoms with Gasteiger partial charge in [0, 0.05) is 23.9 Å². The molecule has 0 bridgehead atoms. The first kappa shape index (κ1) is 14.7. The van der Waals surface area contributed by atoms with E-state index in [-0.39, 0.29) is 18.7 Å². The van der Waals surface area contributed by atoms with Gasteiger partial charge in [-0.05, 0) is 25.5 Å². The number of aromatic nitrogens is 3. The van der Waals surface area contributed by atoms with E-state index in [0.717, 1.165) is 5.69 Å². The number of nitrogens with zero attached hydrogens (tertiary/aromatic N) is 1. The summed E-state index contributed by atoms with van der Waals surface area (Å²) in [5.41, 5.74) is 0.683. The minimum absolute atomic E-state index is 0.169. The number of hydrogen-bond donors (Lipinski definition) is 3. The van der Waals surface area contributed by atoms with Gasteiger partial charge in [0.05, 0.1) is 12.2 Å². The molecule has 0 unspecified atom stereocenters. The topological polar surface area (TPSA) is 108 Å². The molecule has 7 nitrogen and oxygen atoms in total. The minimum Gasteiger partial charge on any atom is -0.350 e. The van der Waals surface area contributed by atoms with E-state index in [1.807, 2.05) is 12.1 Å². The van der Waals surface area contributed by atoms with E-state index in [1.165, 1.54) is 0 Å². The van der Waals surface area contributed by atoms with Crippen molar-refractivity contribution in [2.75, 3.05) is 0 Å². The first-order valence-corrected chi connectivity index (χ1v) is 6.55. The number of carbonyl (C=O) groups excluding carboxylic acids is 1. The maximum atomic E-state index is 11.8. The van der Waals surface area contributed by atoms with Crippen molar-refractivity contribution in [2.45, 2.75) is 26.3 Å². The molecule has 0 saturated heterocycles. The maximum absolute atomic E-state index is 11.8. The third-order valence-electron chi connectivity index (χ3n) is 3.05. The lowest BCUT2D eigenvalue weighted by Crippen LogP contribution is -2.29. The lowest BCUT2D eigenvalue weighted by atomic mass is 10.1. The lowest BCUT2D eigenvalue weighted by Gasteiger charge is -2.06. The van der Waals surface area contributed by atoms with Gasteiger partial charge in [0.2, 0.25) is 5.91 Å². The average Bonchev–Trinajstić information content (AvgIpc) is 2.45. The Hall–Kier alpha value is -2.70. The molecule has 1 amide bonds. The summed E-state index contributed by atoms with van der Waals surface area (Å²) in [7, 11) is 0. The molecule has 0 aliphatic rings. The highest BCUT2D eigenvalue weighted by molar-refractivity contribution is 5.76. The van der Waals surface area contributed by atoms with Crippen molar-refractivity contribution < 1.29 is 4.79 Å². The van der Waals surface area contributed by atoms with Gasteiger partial charge >= 0.3 is 5.69 Å². The van der Waals surface area contributed by atoms with E-state index in [9.17, 15) is 14.4 Å². The number of H-pyrrole nitrogens is 2. The van der Waals surface area contributed by atoms with E-state index in [1.54, 1.807) is 19.2 Å². The fourth-order valence-corrected chi connectivity index (χ4v) is 1.95. The molecular weight excluding hydrogens is 272 g/mol. The second-order valence-corrected chi connectivity index (χ2v) is 4.61. The zero-order chi connectivity index (χ0) is 15.2. The van der Waals surface area contributed by atoms with Gasteiger partial charge in [-0.15, -0.1) is 0 Å². The Morgan fingerprint density at radius 2 is 2.10 bits per heavy atom. The second kappa shape index (κ2) is 6.65. The summed E-state index contributed by atoms with van der Waals surface area (Å²) < 4.78 is 0. The molecule has 0 aromatic carbocycles. The van der Waals surface area contributed by atoms with Crippen molar-refractivity contribution in [3.63, 3.8) is 0 Å². The van der Waals surface area contributed by atoms with Gasteiger partial charge in [-0.1, -0.05) is 6.07 Å². The molecule has 0 fully saturated rings. The van der Waals surface area contributed by atoms with Crippen molar-refractivity contribution in [2.24, 2.45) is 0 Å². The van der Waals surface area contributed by atoms with Crippen molar-refractivity contribution in [3.8, 4) is 0 Å². The van der Waals surface area contributed by atoms with Crippen LogP contribution < -0.4 is 16.6 Å². The van der Waals surface area contributed by atoms with Gasteiger partial charge in [-0.3, -0.25) is 19.6 Å². The largest absolute Gasteiger partial charge is 0.350 e. The monoisotopic (exact) mass is 288 g/mol. The SMILES string of the molecule is Cc1[nH]c(=O)[nH]c(=O)c1CCC(=O)NCc1ccccn1. The van der Waals surface area contributed by atoms with Crippen LogP contribution in [-0.4, -0.2) is 20.9 Å². The Bertz CT molecular complexity index is 734. The molecule has 2 aromatic rings. The molecule has 0 saturated carbocycles. The van der Waals surface area contributed by atoms with Gasteiger partial charge in [-0.25, -0.2) is 4.79 Å². The third-order valence-corrected chi connectivity index (χ3v) is 3.05. The maximum Gasteiger partial charge on any atom is 0.325 e. The van der Waals surface area contributed by atoms with Crippen LogP contribution >= 0.6 is 0 Å². The number of pyridine rings is 1. The smallest absolute Gasteiger partial charge is 0.325 e. The van der Waals surface area contributed by atoms with E-state index < -0.39 is 11.2 Å². The second-order valence-electron chi connectivity index (χ2n) is 4.61. The van der Waals surface area contributed by atoms with E-state index in [2.05, 4.69) is 20.3 Å². The van der Waals surface area contributed by atoms with Crippen LogP contribution in [0.5, 0.6) is 0 Å². The number of aryl methyl sites for hydroxylation is 1. The van der Waals surface area contributed by atoms with Gasteiger partial charge in [0.1, 0.15) is 0 Å². The van der Waals surface area contributed by atoms with Crippen LogP contribution in [0.1, 0.15) is 23.4 Å². The van der Waals surface area contributed by atoms with Crippen LogP contribution in [-0.2, 0) is 17.8 Å². The van der Waals surface area contributed by atoms with Crippen molar-refractivity contribution >= 4 is 5.91 Å². The fraction of sp³-hybridized carbons (Fsp3) is 0.286. The van der Waals surface area contributed by atoms with Crippen LogP contribution in [0.2, 0.25) is 0 Å². The Morgan fingerprint density at radius 3 is 2.76 bits per heavy atom. The van der Waals surface area contributed by atoms with Crippen molar-refractivity contribution in [3.05, 3.63) is 62.2 Å². The molecular formula is C14H16N4O3. The zero-order valence-corrected chi connectivity index (χ0v) is 11.6. The lowest BCUT2D eigenvalue weighted by molar-refractivity contribution is -0.121. The molecule has 0 radical (unpaired) electrons. The van der Waals surface area contributed by atoms with Crippen LogP contribution in [0, 0.1) is 6.92 Å². The average molecular weight is 288 g/mol. The molecule has 0 spiro atoms. The molecule has 110 valence electrons. The minimum atomic E-state index is -0.541. The van der Waals surface area contributed by atoms with Gasteiger partial charge in [0.25, 0.3) is 5.56 Å². The summed E-state index contributed by atoms with van der Waals surface area (Å²) in [6.45, 7) is 1.98. The van der Waals surface area contributed by atoms with Crippen molar-refractivity contribution in [1.29, 1.82) is 0 Å². The normalized spacial score (nSPS) is 10.3. The molecule has 2 aromatic heterocycles. The summed E-state index contributed by atoms with van der Waals surface area (Å²) in [4.78, 5) is 43.2. The van der Waals surface area contributed by atoms with E-state index in [0.29, 0.717) is 17.8 Å². The molecule has 3 N–H and O–H groups in total. The number of nitrogens with one attached hydrogen (secondary N) is 3. The van der Waals surface area contributed by atoms with Gasteiger partial charge in [-0.2, -0.15) is 0 Å². The highest BCUT2D eigenvalue weighted by Crippen LogP contribution is 2.00. The van der Waals surface area contributed by atoms with Gasteiger partial charge < -0.3 is 10.3 Å². The van der Waals surface area contributed by atoms with Gasteiger partial charge in [0.15, 0.2) is 0 Å². The quantitative estimate of drug-likeness (QED) is 0.720. The third kappa shape index (κ3) is 4.13. The summed E-state index contributed by atoms with van der Waals surface area (Å²) in [6.07, 6.45) is 2.10. The number of aromatic amines is 2. The first-order valence-electron chi connectivity index (χ1n) is 6.55. The highest BCUT2D eigenvalue weighted by atomic mass is 16.2. The summed E-state index contributed by atoms with van der Waals surface area (Å²) in [6, 6.07) is 5.46. The predicted octanol–water partition coefficient (Wildman–Crippen LogP) is 0.0156. The highest BCUT2D eigenvalue weighted by Gasteiger charge is 2.09. The van der Waals surface area contributed by atoms with E-state index >= 15 is 0 Å². The van der Waals surface area contributed by atoms with Crippen molar-refractivity contribution in [1.82, 2.24) is 20.3 Å². The Kier molecular flexibility index (Phi) is 4.65. The number of rotatable bonds is 5. The molecule has 21 heavy (non-hydrogen) atoms. The van der Waals surface area contributed by atoms with Crippen LogP contribution in [0.15, 0.2) is 34.0 Å². The standard InChI is InChI=1S/C14H16N4O3/c1-9-11(13(20)18-14(21)17-9)5-6-12(19)16-8-10-4-2-3-7-15-10/h2-4,7H,5-6,8H2,1H3,(H,16,19)(H2,17,18,20,21). The fourth-order valence-electron chi connectivity index (χ4n) is 1.95. The summed E-state index contributed by atoms with van der Waals surface area (Å²) in [5, 5.41) is 2.73. The number of hydrogen-bond acceptors (Lipinski definition) is 4. The summed E-state index contributed by atoms with van der Waals surface area (Å²) in [5.74, 6) is -0.175.